The standard InChI is InChI=1S/C16H21N3O3/c1-4-13(12-9-17-19(2)10-12)18-16(20)11-22-15-8-6-5-7-14(15)21-3/h5-10,13H,4,11H2,1-3H3,(H,18,20)/t13-/m0/s1. The van der Waals surface area contributed by atoms with Crippen molar-refractivity contribution in [3.8, 4) is 11.5 Å². The largest absolute Gasteiger partial charge is 0.493 e. The second-order valence-corrected chi connectivity index (χ2v) is 4.92. The molecule has 2 aromatic rings. The molecule has 0 saturated heterocycles. The molecule has 0 bridgehead atoms. The minimum Gasteiger partial charge on any atom is -0.493 e. The molecule has 0 aliphatic heterocycles. The first-order chi connectivity index (χ1) is 10.6. The van der Waals surface area contributed by atoms with Gasteiger partial charge in [-0.3, -0.25) is 9.48 Å². The molecule has 1 heterocycles. The summed E-state index contributed by atoms with van der Waals surface area (Å²) in [7, 11) is 3.42. The van der Waals surface area contributed by atoms with E-state index >= 15 is 0 Å². The van der Waals surface area contributed by atoms with Crippen LogP contribution in [-0.2, 0) is 11.8 Å². The molecule has 6 heteroatoms. The minimum atomic E-state index is -0.179. The highest BCUT2D eigenvalue weighted by Crippen LogP contribution is 2.25. The van der Waals surface area contributed by atoms with Crippen LogP contribution in [-0.4, -0.2) is 29.4 Å². The number of aromatic nitrogens is 2. The highest BCUT2D eigenvalue weighted by molar-refractivity contribution is 5.78. The van der Waals surface area contributed by atoms with Gasteiger partial charge in [-0.25, -0.2) is 0 Å². The topological polar surface area (TPSA) is 65.4 Å². The molecule has 0 radical (unpaired) electrons. The lowest BCUT2D eigenvalue weighted by molar-refractivity contribution is -0.123. The third-order valence-corrected chi connectivity index (χ3v) is 3.30. The molecule has 1 aromatic carbocycles. The van der Waals surface area contributed by atoms with Crippen molar-refractivity contribution in [2.45, 2.75) is 19.4 Å². The van der Waals surface area contributed by atoms with Gasteiger partial charge in [0.05, 0.1) is 19.3 Å². The minimum absolute atomic E-state index is 0.0584. The maximum absolute atomic E-state index is 12.1. The van der Waals surface area contributed by atoms with Crippen molar-refractivity contribution in [3.63, 3.8) is 0 Å². The molecule has 1 aromatic heterocycles. The van der Waals surface area contributed by atoms with E-state index in [9.17, 15) is 4.79 Å². The predicted octanol–water partition coefficient (Wildman–Crippen LogP) is 2.07. The van der Waals surface area contributed by atoms with Crippen LogP contribution in [0.2, 0.25) is 0 Å². The van der Waals surface area contributed by atoms with E-state index in [1.54, 1.807) is 30.1 Å². The number of rotatable bonds is 7. The van der Waals surface area contributed by atoms with Crippen molar-refractivity contribution in [1.82, 2.24) is 15.1 Å². The number of nitrogens with zero attached hydrogens (tertiary/aromatic N) is 2. The zero-order chi connectivity index (χ0) is 15.9. The Balaban J connectivity index is 1.92. The normalized spacial score (nSPS) is 11.8. The Morgan fingerprint density at radius 1 is 1.36 bits per heavy atom. The summed E-state index contributed by atoms with van der Waals surface area (Å²) >= 11 is 0. The summed E-state index contributed by atoms with van der Waals surface area (Å²) in [5.41, 5.74) is 0.982. The maximum atomic E-state index is 12.1. The lowest BCUT2D eigenvalue weighted by Crippen LogP contribution is -2.32. The molecule has 118 valence electrons. The molecule has 22 heavy (non-hydrogen) atoms. The van der Waals surface area contributed by atoms with Gasteiger partial charge in [0.1, 0.15) is 0 Å². The highest BCUT2D eigenvalue weighted by Gasteiger charge is 2.15. The first kappa shape index (κ1) is 15.9. The summed E-state index contributed by atoms with van der Waals surface area (Å²) < 4.78 is 12.4. The number of carbonyl (C=O) groups is 1. The van der Waals surface area contributed by atoms with Gasteiger partial charge >= 0.3 is 0 Å². The Morgan fingerprint density at radius 3 is 2.68 bits per heavy atom. The molecular formula is C16H21N3O3. The number of benzene rings is 1. The number of carbonyl (C=O) groups excluding carboxylic acids is 1. The summed E-state index contributed by atoms with van der Waals surface area (Å²) in [5.74, 6) is 0.978. The highest BCUT2D eigenvalue weighted by atomic mass is 16.5. The number of para-hydroxylation sites is 2. The Bertz CT molecular complexity index is 625. The molecule has 0 aliphatic carbocycles. The molecule has 0 fully saturated rings. The van der Waals surface area contributed by atoms with E-state index in [0.717, 1.165) is 12.0 Å². The number of hydrogen-bond donors (Lipinski definition) is 1. The van der Waals surface area contributed by atoms with Crippen LogP contribution in [0.3, 0.4) is 0 Å². The van der Waals surface area contributed by atoms with E-state index in [1.807, 2.05) is 32.3 Å². The fraction of sp³-hybridized carbons (Fsp3) is 0.375. The van der Waals surface area contributed by atoms with Crippen molar-refractivity contribution < 1.29 is 14.3 Å². The first-order valence-electron chi connectivity index (χ1n) is 7.17. The second-order valence-electron chi connectivity index (χ2n) is 4.92. The maximum Gasteiger partial charge on any atom is 0.258 e. The molecule has 6 nitrogen and oxygen atoms in total. The van der Waals surface area contributed by atoms with Crippen LogP contribution in [0.4, 0.5) is 0 Å². The van der Waals surface area contributed by atoms with Crippen LogP contribution >= 0.6 is 0 Å². The lowest BCUT2D eigenvalue weighted by atomic mass is 10.1. The fourth-order valence-corrected chi connectivity index (χ4v) is 2.16. The van der Waals surface area contributed by atoms with Crippen LogP contribution in [0.15, 0.2) is 36.7 Å². The molecule has 0 spiro atoms. The van der Waals surface area contributed by atoms with E-state index < -0.39 is 0 Å². The van der Waals surface area contributed by atoms with Crippen LogP contribution in [0.5, 0.6) is 11.5 Å². The lowest BCUT2D eigenvalue weighted by Gasteiger charge is -2.16. The third kappa shape index (κ3) is 4.00. The Hall–Kier alpha value is -2.50. The van der Waals surface area contributed by atoms with E-state index in [4.69, 9.17) is 9.47 Å². The van der Waals surface area contributed by atoms with Crippen molar-refractivity contribution >= 4 is 5.91 Å². The van der Waals surface area contributed by atoms with E-state index in [2.05, 4.69) is 10.4 Å². The number of ether oxygens (including phenoxy) is 2. The van der Waals surface area contributed by atoms with Gasteiger partial charge in [-0.05, 0) is 18.6 Å². The Morgan fingerprint density at radius 2 is 2.09 bits per heavy atom. The number of hydrogen-bond acceptors (Lipinski definition) is 4. The molecule has 1 atom stereocenters. The molecule has 0 aliphatic rings. The molecule has 0 unspecified atom stereocenters. The fourth-order valence-electron chi connectivity index (χ4n) is 2.16. The average molecular weight is 303 g/mol. The van der Waals surface area contributed by atoms with Gasteiger partial charge in [-0.2, -0.15) is 5.10 Å². The SMILES string of the molecule is CC[C@H](NC(=O)COc1ccccc1OC)c1cnn(C)c1. The third-order valence-electron chi connectivity index (χ3n) is 3.30. The summed E-state index contributed by atoms with van der Waals surface area (Å²) in [6, 6.07) is 7.17. The summed E-state index contributed by atoms with van der Waals surface area (Å²) in [4.78, 5) is 12.1. The van der Waals surface area contributed by atoms with Crippen LogP contribution in [0.1, 0.15) is 24.9 Å². The van der Waals surface area contributed by atoms with Crippen LogP contribution in [0, 0.1) is 0 Å². The van der Waals surface area contributed by atoms with Gasteiger partial charge in [0.2, 0.25) is 0 Å². The number of methoxy groups -OCH3 is 1. The smallest absolute Gasteiger partial charge is 0.258 e. The zero-order valence-corrected chi connectivity index (χ0v) is 13.1. The zero-order valence-electron chi connectivity index (χ0n) is 13.1. The monoisotopic (exact) mass is 303 g/mol. The van der Waals surface area contributed by atoms with Crippen molar-refractivity contribution in [3.05, 3.63) is 42.2 Å². The number of aryl methyl sites for hydroxylation is 1. The van der Waals surface area contributed by atoms with Gasteiger partial charge < -0.3 is 14.8 Å². The summed E-state index contributed by atoms with van der Waals surface area (Å²) in [5, 5.41) is 7.07. The summed E-state index contributed by atoms with van der Waals surface area (Å²) in [6.07, 6.45) is 4.44. The molecule has 1 amide bonds. The summed E-state index contributed by atoms with van der Waals surface area (Å²) in [6.45, 7) is 1.95. The van der Waals surface area contributed by atoms with E-state index in [1.165, 1.54) is 0 Å². The number of amides is 1. The van der Waals surface area contributed by atoms with Crippen molar-refractivity contribution in [2.75, 3.05) is 13.7 Å². The first-order valence-corrected chi connectivity index (χ1v) is 7.17. The van der Waals surface area contributed by atoms with Gasteiger partial charge in [-0.15, -0.1) is 0 Å². The molecular weight excluding hydrogens is 282 g/mol. The van der Waals surface area contributed by atoms with Crippen LogP contribution < -0.4 is 14.8 Å². The van der Waals surface area contributed by atoms with E-state index in [-0.39, 0.29) is 18.6 Å². The second kappa shape index (κ2) is 7.49. The molecule has 2 rings (SSSR count). The molecule has 0 saturated carbocycles. The predicted molar refractivity (Wildman–Crippen MR) is 82.9 cm³/mol. The Kier molecular flexibility index (Phi) is 5.41. The van der Waals surface area contributed by atoms with Gasteiger partial charge in [0.25, 0.3) is 5.91 Å². The van der Waals surface area contributed by atoms with Crippen molar-refractivity contribution in [1.29, 1.82) is 0 Å². The van der Waals surface area contributed by atoms with Gasteiger partial charge in [-0.1, -0.05) is 19.1 Å². The molecule has 1 N–H and O–H groups in total. The van der Waals surface area contributed by atoms with E-state index in [0.29, 0.717) is 11.5 Å². The Labute approximate surface area is 130 Å². The quantitative estimate of drug-likeness (QED) is 0.850. The van der Waals surface area contributed by atoms with Crippen molar-refractivity contribution in [2.24, 2.45) is 7.05 Å². The number of nitrogens with one attached hydrogen (secondary N) is 1. The van der Waals surface area contributed by atoms with Gasteiger partial charge in [0, 0.05) is 18.8 Å². The van der Waals surface area contributed by atoms with Crippen LogP contribution in [0.25, 0.3) is 0 Å². The average Bonchev–Trinajstić information content (AvgIpc) is 2.97. The van der Waals surface area contributed by atoms with Gasteiger partial charge in [0.15, 0.2) is 18.1 Å².